The van der Waals surface area contributed by atoms with Crippen LogP contribution in [0.15, 0.2) is 54.6 Å². The van der Waals surface area contributed by atoms with Crippen LogP contribution in [0.4, 0.5) is 5.69 Å². The molecule has 1 amide bonds. The van der Waals surface area contributed by atoms with Crippen LogP contribution in [0.1, 0.15) is 45.9 Å². The first kappa shape index (κ1) is 19.4. The van der Waals surface area contributed by atoms with Crippen LogP contribution in [-0.2, 0) is 19.4 Å². The smallest absolute Gasteiger partial charge is 0.265 e. The van der Waals surface area contributed by atoms with Crippen molar-refractivity contribution in [3.63, 3.8) is 0 Å². The Kier molecular flexibility index (Phi) is 5.49. The van der Waals surface area contributed by atoms with Gasteiger partial charge in [-0.15, -0.1) is 11.3 Å². The van der Waals surface area contributed by atoms with Gasteiger partial charge in [0.05, 0.1) is 17.1 Å². The fraction of sp³-hybridized carbons (Fsp3) is 0.250. The molecule has 0 saturated heterocycles. The number of aryl methyl sites for hydroxylation is 3. The predicted molar refractivity (Wildman–Crippen MR) is 121 cm³/mol. The zero-order chi connectivity index (χ0) is 20.4. The summed E-state index contributed by atoms with van der Waals surface area (Å²) in [7, 11) is 0. The van der Waals surface area contributed by atoms with Crippen molar-refractivity contribution >= 4 is 33.1 Å². The van der Waals surface area contributed by atoms with Gasteiger partial charge in [-0.2, -0.15) is 5.10 Å². The van der Waals surface area contributed by atoms with E-state index in [1.54, 1.807) is 0 Å². The molecule has 5 heteroatoms. The lowest BCUT2D eigenvalue weighted by Crippen LogP contribution is -2.13. The largest absolute Gasteiger partial charge is 0.321 e. The maximum absolute atomic E-state index is 13.1. The Bertz CT molecular complexity index is 1140. The summed E-state index contributed by atoms with van der Waals surface area (Å²) >= 11 is 1.51. The van der Waals surface area contributed by atoms with E-state index in [4.69, 9.17) is 0 Å². The van der Waals surface area contributed by atoms with Gasteiger partial charge in [0, 0.05) is 11.1 Å². The van der Waals surface area contributed by atoms with Gasteiger partial charge in [-0.05, 0) is 42.5 Å². The summed E-state index contributed by atoms with van der Waals surface area (Å²) < 4.78 is 2.00. The van der Waals surface area contributed by atoms with Crippen molar-refractivity contribution in [2.75, 3.05) is 5.32 Å². The number of carbonyl (C=O) groups excluding carboxylic acids is 1. The van der Waals surface area contributed by atoms with E-state index in [9.17, 15) is 4.79 Å². The highest BCUT2D eigenvalue weighted by atomic mass is 32.1. The number of nitrogens with zero attached hydrogens (tertiary/aromatic N) is 2. The molecule has 4 rings (SSSR count). The van der Waals surface area contributed by atoms with Gasteiger partial charge in [-0.3, -0.25) is 9.48 Å². The molecule has 2 heterocycles. The third-order valence-corrected chi connectivity index (χ3v) is 6.39. The summed E-state index contributed by atoms with van der Waals surface area (Å²) in [5.41, 5.74) is 5.45. The van der Waals surface area contributed by atoms with Crippen LogP contribution in [0.3, 0.4) is 0 Å². The molecule has 0 saturated carbocycles. The molecule has 0 fully saturated rings. The number of anilines is 1. The van der Waals surface area contributed by atoms with Crippen molar-refractivity contribution in [3.05, 3.63) is 81.9 Å². The highest BCUT2D eigenvalue weighted by Crippen LogP contribution is 2.30. The first-order valence-electron chi connectivity index (χ1n) is 10.0. The molecule has 0 aliphatic carbocycles. The molecule has 0 spiro atoms. The molecule has 0 aliphatic heterocycles. The molecule has 0 bridgehead atoms. The third kappa shape index (κ3) is 3.83. The van der Waals surface area contributed by atoms with Gasteiger partial charge in [0.25, 0.3) is 5.91 Å². The van der Waals surface area contributed by atoms with E-state index in [0.717, 1.165) is 39.3 Å². The van der Waals surface area contributed by atoms with Gasteiger partial charge in [-0.25, -0.2) is 0 Å². The quantitative estimate of drug-likeness (QED) is 0.440. The monoisotopic (exact) mass is 403 g/mol. The highest BCUT2D eigenvalue weighted by molar-refractivity contribution is 7.20. The number of hydrogen-bond acceptors (Lipinski definition) is 3. The minimum atomic E-state index is -0.0486. The number of carbonyl (C=O) groups is 1. The number of hydrogen-bond donors (Lipinski definition) is 1. The van der Waals surface area contributed by atoms with Gasteiger partial charge in [0.15, 0.2) is 0 Å². The number of thiophene rings is 1. The summed E-state index contributed by atoms with van der Waals surface area (Å²) in [5, 5.41) is 8.91. The topological polar surface area (TPSA) is 46.9 Å². The molecule has 1 N–H and O–H groups in total. The molecule has 0 aliphatic rings. The lowest BCUT2D eigenvalue weighted by Gasteiger charge is -2.13. The van der Waals surface area contributed by atoms with E-state index < -0.39 is 0 Å². The second kappa shape index (κ2) is 8.21. The third-order valence-electron chi connectivity index (χ3n) is 5.24. The normalized spacial score (nSPS) is 11.1. The number of rotatable bonds is 6. The van der Waals surface area contributed by atoms with E-state index >= 15 is 0 Å². The zero-order valence-corrected chi connectivity index (χ0v) is 17.8. The molecule has 0 unspecified atom stereocenters. The fourth-order valence-electron chi connectivity index (χ4n) is 3.67. The second-order valence-electron chi connectivity index (χ2n) is 7.17. The molecule has 0 radical (unpaired) electrons. The maximum atomic E-state index is 13.1. The number of para-hydroxylation sites is 1. The molecule has 0 atom stereocenters. The van der Waals surface area contributed by atoms with Crippen LogP contribution in [-0.4, -0.2) is 15.7 Å². The number of fused-ring (bicyclic) bond motifs is 1. The number of nitrogens with one attached hydrogen (secondary N) is 1. The molecule has 148 valence electrons. The van der Waals surface area contributed by atoms with Gasteiger partial charge < -0.3 is 5.32 Å². The average Bonchev–Trinajstić information content (AvgIpc) is 3.30. The van der Waals surface area contributed by atoms with Crippen LogP contribution in [0, 0.1) is 6.92 Å². The summed E-state index contributed by atoms with van der Waals surface area (Å²) in [6.07, 6.45) is 1.78. The van der Waals surface area contributed by atoms with Gasteiger partial charge in [0.1, 0.15) is 4.83 Å². The van der Waals surface area contributed by atoms with Gasteiger partial charge in [-0.1, -0.05) is 62.4 Å². The minimum absolute atomic E-state index is 0.0486. The molecular formula is C24H25N3OS. The van der Waals surface area contributed by atoms with Crippen molar-refractivity contribution < 1.29 is 4.79 Å². The van der Waals surface area contributed by atoms with Crippen LogP contribution in [0.2, 0.25) is 0 Å². The Hall–Kier alpha value is -2.92. The lowest BCUT2D eigenvalue weighted by atomic mass is 10.0. The molecule has 4 aromatic rings. The molecule has 4 nitrogen and oxygen atoms in total. The van der Waals surface area contributed by atoms with Gasteiger partial charge in [0.2, 0.25) is 0 Å². The summed E-state index contributed by atoms with van der Waals surface area (Å²) in [6, 6.07) is 18.5. The average molecular weight is 404 g/mol. The summed E-state index contributed by atoms with van der Waals surface area (Å²) in [4.78, 5) is 14.8. The molecule has 29 heavy (non-hydrogen) atoms. The SMILES string of the molecule is CCc1cccc(CC)c1NC(=O)c1cc2c(C)nn(Cc3ccccc3)c2s1. The van der Waals surface area contributed by atoms with E-state index in [1.807, 2.05) is 35.9 Å². The zero-order valence-electron chi connectivity index (χ0n) is 17.0. The lowest BCUT2D eigenvalue weighted by molar-refractivity contribution is 0.103. The predicted octanol–water partition coefficient (Wildman–Crippen LogP) is 5.83. The van der Waals surface area contributed by atoms with Crippen LogP contribution in [0.25, 0.3) is 10.2 Å². The van der Waals surface area contributed by atoms with Crippen molar-refractivity contribution in [1.29, 1.82) is 0 Å². The Labute approximate surface area is 175 Å². The van der Waals surface area contributed by atoms with Crippen molar-refractivity contribution in [3.8, 4) is 0 Å². The molecule has 2 aromatic carbocycles. The standard InChI is InChI=1S/C24H25N3OS/c1-4-18-12-9-13-19(5-2)22(18)25-23(28)21-14-20-16(3)26-27(24(20)29-21)15-17-10-7-6-8-11-17/h6-14H,4-5,15H2,1-3H3,(H,25,28). The van der Waals surface area contributed by atoms with Crippen molar-refractivity contribution in [1.82, 2.24) is 9.78 Å². The molecular weight excluding hydrogens is 378 g/mol. The number of aromatic nitrogens is 2. The highest BCUT2D eigenvalue weighted by Gasteiger charge is 2.18. The Morgan fingerprint density at radius 3 is 2.38 bits per heavy atom. The summed E-state index contributed by atoms with van der Waals surface area (Å²) in [5.74, 6) is -0.0486. The summed E-state index contributed by atoms with van der Waals surface area (Å²) in [6.45, 7) is 6.93. The van der Waals surface area contributed by atoms with Crippen LogP contribution < -0.4 is 5.32 Å². The molecule has 2 aromatic heterocycles. The minimum Gasteiger partial charge on any atom is -0.321 e. The van der Waals surface area contributed by atoms with Crippen LogP contribution in [0.5, 0.6) is 0 Å². The van der Waals surface area contributed by atoms with Crippen LogP contribution >= 0.6 is 11.3 Å². The number of amides is 1. The van der Waals surface area contributed by atoms with E-state index in [0.29, 0.717) is 6.54 Å². The van der Waals surface area contributed by atoms with Crippen molar-refractivity contribution in [2.45, 2.75) is 40.2 Å². The Morgan fingerprint density at radius 2 is 1.72 bits per heavy atom. The van der Waals surface area contributed by atoms with Crippen molar-refractivity contribution in [2.24, 2.45) is 0 Å². The fourth-order valence-corrected chi connectivity index (χ4v) is 4.72. The first-order chi connectivity index (χ1) is 14.1. The number of benzene rings is 2. The van der Waals surface area contributed by atoms with E-state index in [2.05, 4.69) is 54.6 Å². The second-order valence-corrected chi connectivity index (χ2v) is 8.20. The first-order valence-corrected chi connectivity index (χ1v) is 10.8. The maximum Gasteiger partial charge on any atom is 0.265 e. The van der Waals surface area contributed by atoms with E-state index in [-0.39, 0.29) is 5.91 Å². The van der Waals surface area contributed by atoms with E-state index in [1.165, 1.54) is 28.0 Å². The van der Waals surface area contributed by atoms with Gasteiger partial charge >= 0.3 is 0 Å². The Morgan fingerprint density at radius 1 is 1.03 bits per heavy atom. The Balaban J connectivity index is 1.65.